The van der Waals surface area contributed by atoms with E-state index >= 15 is 0 Å². The number of carbonyl (C=O) groups is 1. The average molecular weight is 346 g/mol. The number of benzene rings is 1. The number of hydrogen-bond donors (Lipinski definition) is 1. The van der Waals surface area contributed by atoms with Crippen molar-refractivity contribution in [3.05, 3.63) is 48.2 Å². The highest BCUT2D eigenvalue weighted by Gasteiger charge is 2.10. The molecule has 2 rings (SSSR count). The molecular weight excluding hydrogens is 324 g/mol. The lowest BCUT2D eigenvalue weighted by Gasteiger charge is -2.11. The standard InChI is InChI=1S/C18H22N2O3S/c1-4-22-15-5-7-16(8-6-15)23-17-11-14(9-10-19-17)12-20-18(21)13(2)24-3/h5-11,13H,4,12H2,1-3H3,(H,20,21)/t13-/m1/s1. The van der Waals surface area contributed by atoms with Crippen LogP contribution in [0.3, 0.4) is 0 Å². The van der Waals surface area contributed by atoms with Crippen LogP contribution >= 0.6 is 11.8 Å². The molecule has 1 N–H and O–H groups in total. The number of hydrogen-bond acceptors (Lipinski definition) is 5. The van der Waals surface area contributed by atoms with Crippen molar-refractivity contribution in [3.8, 4) is 17.4 Å². The Morgan fingerprint density at radius 1 is 1.25 bits per heavy atom. The predicted octanol–water partition coefficient (Wildman–Crippen LogP) is 3.64. The van der Waals surface area contributed by atoms with Gasteiger partial charge in [0, 0.05) is 18.8 Å². The maximum absolute atomic E-state index is 11.8. The first kappa shape index (κ1) is 18.1. The van der Waals surface area contributed by atoms with E-state index in [0.717, 1.165) is 11.3 Å². The molecule has 1 aromatic carbocycles. The predicted molar refractivity (Wildman–Crippen MR) is 96.7 cm³/mol. The highest BCUT2D eigenvalue weighted by molar-refractivity contribution is 7.99. The Kier molecular flexibility index (Phi) is 6.93. The number of thioether (sulfide) groups is 1. The van der Waals surface area contributed by atoms with Crippen LogP contribution in [0, 0.1) is 0 Å². The van der Waals surface area contributed by atoms with Crippen LogP contribution in [0.15, 0.2) is 42.6 Å². The van der Waals surface area contributed by atoms with Gasteiger partial charge in [-0.2, -0.15) is 11.8 Å². The second-order valence-corrected chi connectivity index (χ2v) is 6.28. The summed E-state index contributed by atoms with van der Waals surface area (Å²) in [6.07, 6.45) is 3.59. The third kappa shape index (κ3) is 5.45. The van der Waals surface area contributed by atoms with Gasteiger partial charge in [0.05, 0.1) is 11.9 Å². The Morgan fingerprint density at radius 3 is 2.62 bits per heavy atom. The molecule has 0 spiro atoms. The third-order valence-electron chi connectivity index (χ3n) is 3.35. The topological polar surface area (TPSA) is 60.5 Å². The quantitative estimate of drug-likeness (QED) is 0.791. The van der Waals surface area contributed by atoms with Crippen molar-refractivity contribution in [2.24, 2.45) is 0 Å². The molecular formula is C18H22N2O3S. The molecule has 1 aromatic heterocycles. The van der Waals surface area contributed by atoms with Gasteiger partial charge in [-0.25, -0.2) is 4.98 Å². The van der Waals surface area contributed by atoms with Gasteiger partial charge >= 0.3 is 0 Å². The van der Waals surface area contributed by atoms with E-state index in [1.165, 1.54) is 11.8 Å². The van der Waals surface area contributed by atoms with Gasteiger partial charge in [0.25, 0.3) is 0 Å². The Balaban J connectivity index is 1.95. The molecule has 0 saturated heterocycles. The minimum absolute atomic E-state index is 0.0216. The van der Waals surface area contributed by atoms with E-state index in [1.54, 1.807) is 6.20 Å². The highest BCUT2D eigenvalue weighted by Crippen LogP contribution is 2.23. The minimum atomic E-state index is -0.0635. The van der Waals surface area contributed by atoms with Crippen LogP contribution in [0.4, 0.5) is 0 Å². The Bertz CT molecular complexity index is 662. The molecule has 0 unspecified atom stereocenters. The van der Waals surface area contributed by atoms with Crippen molar-refractivity contribution >= 4 is 17.7 Å². The fourth-order valence-electron chi connectivity index (χ4n) is 1.95. The van der Waals surface area contributed by atoms with E-state index in [1.807, 2.05) is 56.5 Å². The second kappa shape index (κ2) is 9.17. The zero-order valence-electron chi connectivity index (χ0n) is 14.1. The van der Waals surface area contributed by atoms with Crippen molar-refractivity contribution in [2.75, 3.05) is 12.9 Å². The van der Waals surface area contributed by atoms with E-state index < -0.39 is 0 Å². The fraction of sp³-hybridized carbons (Fsp3) is 0.333. The van der Waals surface area contributed by atoms with E-state index in [0.29, 0.717) is 24.8 Å². The number of ether oxygens (including phenoxy) is 2. The van der Waals surface area contributed by atoms with Crippen LogP contribution < -0.4 is 14.8 Å². The summed E-state index contributed by atoms with van der Waals surface area (Å²) < 4.78 is 11.1. The number of aromatic nitrogens is 1. The summed E-state index contributed by atoms with van der Waals surface area (Å²) in [6, 6.07) is 11.1. The lowest BCUT2D eigenvalue weighted by atomic mass is 10.2. The highest BCUT2D eigenvalue weighted by atomic mass is 32.2. The van der Waals surface area contributed by atoms with Gasteiger partial charge in [-0.15, -0.1) is 0 Å². The first-order chi connectivity index (χ1) is 11.6. The summed E-state index contributed by atoms with van der Waals surface area (Å²) in [4.78, 5) is 16.0. The molecule has 128 valence electrons. The molecule has 1 atom stereocenters. The first-order valence-corrected chi connectivity index (χ1v) is 9.07. The summed E-state index contributed by atoms with van der Waals surface area (Å²) >= 11 is 1.52. The van der Waals surface area contributed by atoms with Crippen LogP contribution in [0.25, 0.3) is 0 Å². The average Bonchev–Trinajstić information content (AvgIpc) is 2.61. The molecule has 5 nitrogen and oxygen atoms in total. The molecule has 1 heterocycles. The van der Waals surface area contributed by atoms with Crippen LogP contribution in [0.1, 0.15) is 19.4 Å². The maximum atomic E-state index is 11.8. The number of carbonyl (C=O) groups excluding carboxylic acids is 1. The monoisotopic (exact) mass is 346 g/mol. The Hall–Kier alpha value is -2.21. The van der Waals surface area contributed by atoms with Gasteiger partial charge in [0.1, 0.15) is 11.5 Å². The van der Waals surface area contributed by atoms with Gasteiger partial charge in [-0.05, 0) is 56.0 Å². The van der Waals surface area contributed by atoms with Gasteiger partial charge in [-0.3, -0.25) is 4.79 Å². The second-order valence-electron chi connectivity index (χ2n) is 5.10. The molecule has 0 saturated carbocycles. The number of nitrogens with one attached hydrogen (secondary N) is 1. The van der Waals surface area contributed by atoms with Crippen molar-refractivity contribution in [2.45, 2.75) is 25.6 Å². The summed E-state index contributed by atoms with van der Waals surface area (Å²) in [5.74, 6) is 2.00. The molecule has 0 radical (unpaired) electrons. The van der Waals surface area contributed by atoms with Crippen molar-refractivity contribution in [3.63, 3.8) is 0 Å². The number of rotatable bonds is 8. The van der Waals surface area contributed by atoms with Crippen molar-refractivity contribution < 1.29 is 14.3 Å². The molecule has 0 bridgehead atoms. The van der Waals surface area contributed by atoms with E-state index in [4.69, 9.17) is 9.47 Å². The molecule has 24 heavy (non-hydrogen) atoms. The molecule has 0 fully saturated rings. The SMILES string of the molecule is CCOc1ccc(Oc2cc(CNC(=O)[C@@H](C)SC)ccn2)cc1. The zero-order valence-corrected chi connectivity index (χ0v) is 14.9. The normalized spacial score (nSPS) is 11.6. The number of amides is 1. The summed E-state index contributed by atoms with van der Waals surface area (Å²) in [7, 11) is 0. The summed E-state index contributed by atoms with van der Waals surface area (Å²) in [6.45, 7) is 4.90. The molecule has 2 aromatic rings. The first-order valence-electron chi connectivity index (χ1n) is 7.78. The third-order valence-corrected chi connectivity index (χ3v) is 4.27. The molecule has 0 aliphatic heterocycles. The van der Waals surface area contributed by atoms with Crippen LogP contribution in [-0.2, 0) is 11.3 Å². The maximum Gasteiger partial charge on any atom is 0.233 e. The smallest absolute Gasteiger partial charge is 0.233 e. The largest absolute Gasteiger partial charge is 0.494 e. The summed E-state index contributed by atoms with van der Waals surface area (Å²) in [5.41, 5.74) is 0.938. The van der Waals surface area contributed by atoms with Crippen molar-refractivity contribution in [1.82, 2.24) is 10.3 Å². The fourth-order valence-corrected chi connectivity index (χ4v) is 2.24. The molecule has 0 aliphatic rings. The van der Waals surface area contributed by atoms with E-state index in [-0.39, 0.29) is 11.2 Å². The minimum Gasteiger partial charge on any atom is -0.494 e. The van der Waals surface area contributed by atoms with Crippen molar-refractivity contribution in [1.29, 1.82) is 0 Å². The van der Waals surface area contributed by atoms with Gasteiger partial charge in [-0.1, -0.05) is 0 Å². The number of nitrogens with zero attached hydrogens (tertiary/aromatic N) is 1. The van der Waals surface area contributed by atoms with Gasteiger partial charge in [0.2, 0.25) is 11.8 Å². The molecule has 0 aliphatic carbocycles. The van der Waals surface area contributed by atoms with E-state index in [9.17, 15) is 4.79 Å². The number of pyridine rings is 1. The van der Waals surface area contributed by atoms with Gasteiger partial charge in [0.15, 0.2) is 0 Å². The summed E-state index contributed by atoms with van der Waals surface area (Å²) in [5, 5.41) is 2.84. The van der Waals surface area contributed by atoms with Gasteiger partial charge < -0.3 is 14.8 Å². The Morgan fingerprint density at radius 2 is 1.96 bits per heavy atom. The zero-order chi connectivity index (χ0) is 17.4. The molecule has 6 heteroatoms. The van der Waals surface area contributed by atoms with Crippen LogP contribution in [0.5, 0.6) is 17.4 Å². The van der Waals surface area contributed by atoms with E-state index in [2.05, 4.69) is 10.3 Å². The Labute approximate surface area is 146 Å². The lowest BCUT2D eigenvalue weighted by molar-refractivity contribution is -0.120. The van der Waals surface area contributed by atoms with Crippen LogP contribution in [-0.4, -0.2) is 29.0 Å². The lowest BCUT2D eigenvalue weighted by Crippen LogP contribution is -2.30. The molecule has 1 amide bonds. The van der Waals surface area contributed by atoms with Crippen LogP contribution in [0.2, 0.25) is 0 Å².